The van der Waals surface area contributed by atoms with Crippen LogP contribution in [0, 0.1) is 5.82 Å². The number of rotatable bonds is 6. The molecule has 3 heterocycles. The van der Waals surface area contributed by atoms with E-state index >= 15 is 0 Å². The molecule has 1 unspecified atom stereocenters. The molecule has 2 aromatic carbocycles. The van der Waals surface area contributed by atoms with E-state index in [1.807, 2.05) is 24.3 Å². The van der Waals surface area contributed by atoms with E-state index in [9.17, 15) is 9.18 Å². The van der Waals surface area contributed by atoms with Crippen molar-refractivity contribution in [3.63, 3.8) is 0 Å². The molecule has 0 radical (unpaired) electrons. The van der Waals surface area contributed by atoms with Gasteiger partial charge in [-0.1, -0.05) is 12.1 Å². The minimum atomic E-state index is -0.396. The molecule has 164 valence electrons. The minimum absolute atomic E-state index is 0.170. The highest BCUT2D eigenvalue weighted by atomic mass is 19.1. The lowest BCUT2D eigenvalue weighted by Crippen LogP contribution is -2.33. The van der Waals surface area contributed by atoms with Crippen LogP contribution < -0.4 is 10.3 Å². The summed E-state index contributed by atoms with van der Waals surface area (Å²) in [6, 6.07) is 13.3. The number of hydrogen-bond acceptors (Lipinski definition) is 6. The van der Waals surface area contributed by atoms with Crippen LogP contribution >= 0.6 is 0 Å². The van der Waals surface area contributed by atoms with Crippen LogP contribution in [0.5, 0.6) is 5.75 Å². The number of tetrazole rings is 1. The van der Waals surface area contributed by atoms with Gasteiger partial charge in [0.15, 0.2) is 5.82 Å². The quantitative estimate of drug-likeness (QED) is 0.502. The fourth-order valence-corrected chi connectivity index (χ4v) is 4.31. The summed E-state index contributed by atoms with van der Waals surface area (Å²) in [5, 5.41) is 13.3. The Hall–Kier alpha value is -3.59. The molecule has 0 saturated carbocycles. The van der Waals surface area contributed by atoms with Gasteiger partial charge in [0, 0.05) is 16.5 Å². The van der Waals surface area contributed by atoms with Crippen molar-refractivity contribution in [2.24, 2.45) is 0 Å². The van der Waals surface area contributed by atoms with Crippen molar-refractivity contribution in [1.29, 1.82) is 0 Å². The van der Waals surface area contributed by atoms with Gasteiger partial charge < -0.3 is 9.72 Å². The van der Waals surface area contributed by atoms with E-state index < -0.39 is 6.04 Å². The van der Waals surface area contributed by atoms with Gasteiger partial charge in [0.2, 0.25) is 0 Å². The zero-order chi connectivity index (χ0) is 22.1. The monoisotopic (exact) mass is 434 g/mol. The highest BCUT2D eigenvalue weighted by Gasteiger charge is 2.32. The third-order valence-corrected chi connectivity index (χ3v) is 5.93. The molecule has 5 rings (SSSR count). The molecule has 1 aliphatic rings. The van der Waals surface area contributed by atoms with Crippen LogP contribution in [0.2, 0.25) is 0 Å². The number of ether oxygens (including phenoxy) is 1. The predicted octanol–water partition coefficient (Wildman–Crippen LogP) is 2.90. The smallest absolute Gasteiger partial charge is 0.253 e. The van der Waals surface area contributed by atoms with Gasteiger partial charge in [-0.2, -0.15) is 0 Å². The Labute approximate surface area is 183 Å². The number of halogens is 1. The van der Waals surface area contributed by atoms with Gasteiger partial charge in [0.25, 0.3) is 5.56 Å². The SMILES string of the molecule is COc1ccc2[nH]c(=O)c(C(c3nnnn3Cc3ccc(F)cc3)N3CCCC3)cc2c1. The normalized spacial score (nSPS) is 15.3. The summed E-state index contributed by atoms with van der Waals surface area (Å²) in [4.78, 5) is 18.4. The molecule has 1 N–H and O–H groups in total. The van der Waals surface area contributed by atoms with Crippen molar-refractivity contribution in [1.82, 2.24) is 30.1 Å². The van der Waals surface area contributed by atoms with Crippen LogP contribution in [0.4, 0.5) is 4.39 Å². The number of nitrogens with zero attached hydrogens (tertiary/aromatic N) is 5. The molecule has 4 aromatic rings. The summed E-state index contributed by atoms with van der Waals surface area (Å²) in [7, 11) is 1.62. The van der Waals surface area contributed by atoms with Gasteiger partial charge in [-0.15, -0.1) is 5.10 Å². The second-order valence-electron chi connectivity index (χ2n) is 7.97. The molecule has 1 fully saturated rings. The number of benzene rings is 2. The van der Waals surface area contributed by atoms with Gasteiger partial charge in [0.1, 0.15) is 17.6 Å². The second kappa shape index (κ2) is 8.51. The number of H-pyrrole nitrogens is 1. The zero-order valence-electron chi connectivity index (χ0n) is 17.7. The number of fused-ring (bicyclic) bond motifs is 1. The molecule has 0 aliphatic carbocycles. The van der Waals surface area contributed by atoms with Crippen LogP contribution in [0.1, 0.15) is 35.8 Å². The highest BCUT2D eigenvalue weighted by Crippen LogP contribution is 2.30. The fourth-order valence-electron chi connectivity index (χ4n) is 4.31. The molecule has 8 nitrogen and oxygen atoms in total. The Kier molecular flexibility index (Phi) is 5.40. The van der Waals surface area contributed by atoms with Gasteiger partial charge in [-0.05, 0) is 78.3 Å². The number of hydrogen-bond donors (Lipinski definition) is 1. The van der Waals surface area contributed by atoms with Gasteiger partial charge in [-0.3, -0.25) is 9.69 Å². The van der Waals surface area contributed by atoms with E-state index in [1.165, 1.54) is 12.1 Å². The summed E-state index contributed by atoms with van der Waals surface area (Å²) in [5.74, 6) is 1.01. The first kappa shape index (κ1) is 20.3. The summed E-state index contributed by atoms with van der Waals surface area (Å²) in [6.45, 7) is 2.08. The Morgan fingerprint density at radius 3 is 2.66 bits per heavy atom. The molecule has 0 amide bonds. The fraction of sp³-hybridized carbons (Fsp3) is 0.304. The van der Waals surface area contributed by atoms with Crippen molar-refractivity contribution in [2.45, 2.75) is 25.4 Å². The van der Waals surface area contributed by atoms with E-state index in [0.717, 1.165) is 48.1 Å². The van der Waals surface area contributed by atoms with Crippen LogP contribution in [0.3, 0.4) is 0 Å². The second-order valence-corrected chi connectivity index (χ2v) is 7.97. The van der Waals surface area contributed by atoms with Crippen molar-refractivity contribution >= 4 is 10.9 Å². The van der Waals surface area contributed by atoms with Crippen LogP contribution in [-0.4, -0.2) is 50.3 Å². The lowest BCUT2D eigenvalue weighted by Gasteiger charge is -2.26. The summed E-state index contributed by atoms with van der Waals surface area (Å²) in [5.41, 5.74) is 2.03. The van der Waals surface area contributed by atoms with Crippen molar-refractivity contribution in [3.05, 3.63) is 81.7 Å². The van der Waals surface area contributed by atoms with Crippen LogP contribution in [0.25, 0.3) is 10.9 Å². The average molecular weight is 434 g/mol. The first-order valence-electron chi connectivity index (χ1n) is 10.6. The molecule has 0 bridgehead atoms. The van der Waals surface area contributed by atoms with E-state index in [-0.39, 0.29) is 11.4 Å². The Balaban J connectivity index is 1.60. The standard InChI is InChI=1S/C23H23FN6O2/c1-32-18-8-9-20-16(12-18)13-19(23(31)25-20)21(29-10-2-3-11-29)22-26-27-28-30(22)14-15-4-6-17(24)7-5-15/h4-9,12-13,21H,2-3,10-11,14H2,1H3,(H,25,31). The largest absolute Gasteiger partial charge is 0.497 e. The van der Waals surface area contributed by atoms with Crippen molar-refractivity contribution in [3.8, 4) is 5.75 Å². The average Bonchev–Trinajstić information content (AvgIpc) is 3.49. The third kappa shape index (κ3) is 3.87. The molecule has 1 saturated heterocycles. The van der Waals surface area contributed by atoms with E-state index in [4.69, 9.17) is 4.74 Å². The zero-order valence-corrected chi connectivity index (χ0v) is 17.7. The number of aromatic nitrogens is 5. The Bertz CT molecular complexity index is 1290. The van der Waals surface area contributed by atoms with Crippen LogP contribution in [-0.2, 0) is 6.54 Å². The lowest BCUT2D eigenvalue weighted by atomic mass is 10.0. The molecule has 1 atom stereocenters. The maximum Gasteiger partial charge on any atom is 0.253 e. The number of methoxy groups -OCH3 is 1. The van der Waals surface area contributed by atoms with E-state index in [2.05, 4.69) is 25.4 Å². The number of nitrogens with one attached hydrogen (secondary N) is 1. The number of likely N-dealkylation sites (tertiary alicyclic amines) is 1. The van der Waals surface area contributed by atoms with Gasteiger partial charge in [-0.25, -0.2) is 9.07 Å². The number of pyridine rings is 1. The van der Waals surface area contributed by atoms with E-state index in [0.29, 0.717) is 17.9 Å². The first-order chi connectivity index (χ1) is 15.6. The Morgan fingerprint density at radius 2 is 1.91 bits per heavy atom. The molecular weight excluding hydrogens is 411 g/mol. The molecule has 1 aliphatic heterocycles. The topological polar surface area (TPSA) is 88.9 Å². The van der Waals surface area contributed by atoms with Crippen molar-refractivity contribution in [2.75, 3.05) is 20.2 Å². The predicted molar refractivity (Wildman–Crippen MR) is 117 cm³/mol. The van der Waals surface area contributed by atoms with Crippen LogP contribution in [0.15, 0.2) is 53.3 Å². The summed E-state index contributed by atoms with van der Waals surface area (Å²) < 4.78 is 20.4. The molecule has 9 heteroatoms. The third-order valence-electron chi connectivity index (χ3n) is 5.93. The maximum absolute atomic E-state index is 13.3. The molecule has 0 spiro atoms. The molecule has 2 aromatic heterocycles. The molecule has 32 heavy (non-hydrogen) atoms. The van der Waals surface area contributed by atoms with Gasteiger partial charge >= 0.3 is 0 Å². The maximum atomic E-state index is 13.3. The van der Waals surface area contributed by atoms with E-state index in [1.54, 1.807) is 23.9 Å². The van der Waals surface area contributed by atoms with Crippen molar-refractivity contribution < 1.29 is 9.13 Å². The first-order valence-corrected chi connectivity index (χ1v) is 10.6. The Morgan fingerprint density at radius 1 is 1.12 bits per heavy atom. The lowest BCUT2D eigenvalue weighted by molar-refractivity contribution is 0.263. The van der Waals surface area contributed by atoms with Gasteiger partial charge in [0.05, 0.1) is 13.7 Å². The molecular formula is C23H23FN6O2. The summed E-state index contributed by atoms with van der Waals surface area (Å²) >= 11 is 0. The minimum Gasteiger partial charge on any atom is -0.497 e. The summed E-state index contributed by atoms with van der Waals surface area (Å²) in [6.07, 6.45) is 2.10. The highest BCUT2D eigenvalue weighted by molar-refractivity contribution is 5.80. The number of aromatic amines is 1.